The predicted octanol–water partition coefficient (Wildman–Crippen LogP) is 3.29. The molecule has 0 unspecified atom stereocenters. The summed E-state index contributed by atoms with van der Waals surface area (Å²) in [5.41, 5.74) is 1.13. The fraction of sp³-hybridized carbons (Fsp3) is 0.0588. The molecule has 2 aromatic rings. The van der Waals surface area contributed by atoms with Crippen molar-refractivity contribution in [3.8, 4) is 5.75 Å². The maximum atomic E-state index is 12.1. The number of benzene rings is 2. The average molecular weight is 282 g/mol. The largest absolute Gasteiger partial charge is 0.497 e. The van der Waals surface area contributed by atoms with Crippen LogP contribution in [0.2, 0.25) is 0 Å². The third kappa shape index (κ3) is 3.57. The highest BCUT2D eigenvalue weighted by molar-refractivity contribution is 6.07. The van der Waals surface area contributed by atoms with E-state index in [-0.39, 0.29) is 11.3 Å². The van der Waals surface area contributed by atoms with E-state index >= 15 is 0 Å². The van der Waals surface area contributed by atoms with Crippen LogP contribution in [0.25, 0.3) is 6.08 Å². The molecule has 0 radical (unpaired) electrons. The molecule has 0 saturated carbocycles. The molecule has 0 spiro atoms. The van der Waals surface area contributed by atoms with Crippen LogP contribution in [0.5, 0.6) is 5.75 Å². The molecule has 106 valence electrons. The lowest BCUT2D eigenvalue weighted by Gasteiger charge is -2.02. The molecular weight excluding hydrogens is 268 g/mol. The molecule has 0 heterocycles. The molecule has 0 aliphatic carbocycles. The van der Waals surface area contributed by atoms with E-state index in [1.54, 1.807) is 42.5 Å². The van der Waals surface area contributed by atoms with Crippen LogP contribution in [-0.4, -0.2) is 24.0 Å². The Kier molecular flexibility index (Phi) is 4.51. The van der Waals surface area contributed by atoms with Gasteiger partial charge in [-0.1, -0.05) is 36.4 Å². The molecule has 2 rings (SSSR count). The van der Waals surface area contributed by atoms with Crippen LogP contribution in [0.4, 0.5) is 0 Å². The lowest BCUT2D eigenvalue weighted by molar-refractivity contribution is 0.0696. The number of aromatic carboxylic acids is 1. The molecule has 1 N–H and O–H groups in total. The minimum atomic E-state index is -1.02. The van der Waals surface area contributed by atoms with E-state index in [0.717, 1.165) is 0 Å². The van der Waals surface area contributed by atoms with Gasteiger partial charge in [0.2, 0.25) is 0 Å². The highest BCUT2D eigenvalue weighted by Crippen LogP contribution is 2.15. The molecule has 0 aliphatic rings. The van der Waals surface area contributed by atoms with Crippen LogP contribution in [0.3, 0.4) is 0 Å². The third-order valence-electron chi connectivity index (χ3n) is 2.96. The van der Waals surface area contributed by atoms with E-state index in [2.05, 4.69) is 0 Å². The number of rotatable bonds is 5. The summed E-state index contributed by atoms with van der Waals surface area (Å²) in [7, 11) is 1.53. The van der Waals surface area contributed by atoms with Gasteiger partial charge in [-0.15, -0.1) is 0 Å². The molecule has 0 amide bonds. The van der Waals surface area contributed by atoms with Gasteiger partial charge in [-0.05, 0) is 29.8 Å². The van der Waals surface area contributed by atoms with E-state index in [1.807, 2.05) is 0 Å². The fourth-order valence-electron chi connectivity index (χ4n) is 1.88. The van der Waals surface area contributed by atoms with Gasteiger partial charge in [0.1, 0.15) is 5.75 Å². The number of hydrogen-bond donors (Lipinski definition) is 1. The first kappa shape index (κ1) is 14.5. The van der Waals surface area contributed by atoms with Gasteiger partial charge >= 0.3 is 5.97 Å². The lowest BCUT2D eigenvalue weighted by atomic mass is 10.1. The van der Waals surface area contributed by atoms with Crippen molar-refractivity contribution < 1.29 is 19.4 Å². The van der Waals surface area contributed by atoms with Crippen molar-refractivity contribution in [3.63, 3.8) is 0 Å². The summed E-state index contributed by atoms with van der Waals surface area (Å²) in [4.78, 5) is 23.2. The number of carboxylic acid groups (broad SMARTS) is 1. The van der Waals surface area contributed by atoms with Crippen molar-refractivity contribution in [2.24, 2.45) is 0 Å². The molecule has 0 aromatic heterocycles. The summed E-state index contributed by atoms with van der Waals surface area (Å²) in [5, 5.41) is 9.08. The molecule has 2 aromatic carbocycles. The molecule has 0 saturated heterocycles. The van der Waals surface area contributed by atoms with Crippen molar-refractivity contribution in [2.75, 3.05) is 7.11 Å². The van der Waals surface area contributed by atoms with Crippen molar-refractivity contribution >= 4 is 17.8 Å². The standard InChI is InChI=1S/C17H14O4/c1-21-14-7-4-6-13(11-14)16(18)10-9-12-5-2-3-8-15(12)17(19)20/h2-11H,1H3,(H,19,20). The Bertz CT molecular complexity index is 701. The topological polar surface area (TPSA) is 63.6 Å². The molecular formula is C17H14O4. The number of allylic oxidation sites excluding steroid dienone is 1. The zero-order chi connectivity index (χ0) is 15.2. The normalized spacial score (nSPS) is 10.5. The summed E-state index contributed by atoms with van der Waals surface area (Å²) in [6.45, 7) is 0. The molecule has 21 heavy (non-hydrogen) atoms. The second-order valence-corrected chi connectivity index (χ2v) is 4.32. The van der Waals surface area contributed by atoms with Crippen molar-refractivity contribution in [1.29, 1.82) is 0 Å². The molecule has 0 bridgehead atoms. The first-order valence-electron chi connectivity index (χ1n) is 6.30. The summed E-state index contributed by atoms with van der Waals surface area (Å²) >= 11 is 0. The highest BCUT2D eigenvalue weighted by atomic mass is 16.5. The van der Waals surface area contributed by atoms with Crippen LogP contribution < -0.4 is 4.74 Å². The number of ketones is 1. The molecule has 4 nitrogen and oxygen atoms in total. The molecule has 4 heteroatoms. The second-order valence-electron chi connectivity index (χ2n) is 4.32. The zero-order valence-electron chi connectivity index (χ0n) is 11.4. The van der Waals surface area contributed by atoms with Gasteiger partial charge in [0.25, 0.3) is 0 Å². The Morgan fingerprint density at radius 2 is 1.86 bits per heavy atom. The van der Waals surface area contributed by atoms with E-state index in [1.165, 1.54) is 25.3 Å². The minimum absolute atomic E-state index is 0.159. The van der Waals surface area contributed by atoms with E-state index in [4.69, 9.17) is 9.84 Å². The maximum absolute atomic E-state index is 12.1. The second kappa shape index (κ2) is 6.52. The monoisotopic (exact) mass is 282 g/mol. The van der Waals surface area contributed by atoms with Crippen LogP contribution in [0, 0.1) is 0 Å². The average Bonchev–Trinajstić information content (AvgIpc) is 2.52. The number of hydrogen-bond acceptors (Lipinski definition) is 3. The van der Waals surface area contributed by atoms with Gasteiger partial charge in [0.15, 0.2) is 5.78 Å². The zero-order valence-corrected chi connectivity index (χ0v) is 11.4. The predicted molar refractivity (Wildman–Crippen MR) is 79.8 cm³/mol. The number of ether oxygens (including phenoxy) is 1. The van der Waals surface area contributed by atoms with Gasteiger partial charge in [-0.2, -0.15) is 0 Å². The van der Waals surface area contributed by atoms with Gasteiger partial charge in [-0.25, -0.2) is 4.79 Å². The Morgan fingerprint density at radius 3 is 2.57 bits per heavy atom. The Labute approximate surface area is 122 Å². The first-order chi connectivity index (χ1) is 10.1. The summed E-state index contributed by atoms with van der Waals surface area (Å²) in [6.07, 6.45) is 2.86. The number of methoxy groups -OCH3 is 1. The third-order valence-corrected chi connectivity index (χ3v) is 2.96. The van der Waals surface area contributed by atoms with Gasteiger partial charge in [0, 0.05) is 5.56 Å². The van der Waals surface area contributed by atoms with Crippen LogP contribution >= 0.6 is 0 Å². The van der Waals surface area contributed by atoms with E-state index in [9.17, 15) is 9.59 Å². The number of carboxylic acids is 1. The lowest BCUT2D eigenvalue weighted by Crippen LogP contribution is -1.99. The maximum Gasteiger partial charge on any atom is 0.336 e. The van der Waals surface area contributed by atoms with Gasteiger partial charge < -0.3 is 9.84 Å². The van der Waals surface area contributed by atoms with Gasteiger partial charge in [0.05, 0.1) is 12.7 Å². The van der Waals surface area contributed by atoms with Crippen molar-refractivity contribution in [2.45, 2.75) is 0 Å². The highest BCUT2D eigenvalue weighted by Gasteiger charge is 2.07. The quantitative estimate of drug-likeness (QED) is 0.675. The first-order valence-corrected chi connectivity index (χ1v) is 6.30. The van der Waals surface area contributed by atoms with E-state index < -0.39 is 5.97 Å². The number of carbonyl (C=O) groups excluding carboxylic acids is 1. The van der Waals surface area contributed by atoms with E-state index in [0.29, 0.717) is 16.9 Å². The fourth-order valence-corrected chi connectivity index (χ4v) is 1.88. The Morgan fingerprint density at radius 1 is 1.10 bits per heavy atom. The number of carbonyl (C=O) groups is 2. The summed E-state index contributed by atoms with van der Waals surface area (Å²) in [6, 6.07) is 13.3. The van der Waals surface area contributed by atoms with Crippen molar-refractivity contribution in [1.82, 2.24) is 0 Å². The summed E-state index contributed by atoms with van der Waals surface area (Å²) in [5.74, 6) is -0.640. The van der Waals surface area contributed by atoms with Crippen LogP contribution in [0.1, 0.15) is 26.3 Å². The Balaban J connectivity index is 2.25. The summed E-state index contributed by atoms with van der Waals surface area (Å²) < 4.78 is 5.06. The molecule has 0 atom stereocenters. The Hall–Kier alpha value is -2.88. The van der Waals surface area contributed by atoms with Gasteiger partial charge in [-0.3, -0.25) is 4.79 Å². The SMILES string of the molecule is COc1cccc(C(=O)C=Cc2ccccc2C(=O)O)c1. The van der Waals surface area contributed by atoms with Crippen LogP contribution in [-0.2, 0) is 0 Å². The van der Waals surface area contributed by atoms with Crippen LogP contribution in [0.15, 0.2) is 54.6 Å². The molecule has 0 aliphatic heterocycles. The van der Waals surface area contributed by atoms with Crippen molar-refractivity contribution in [3.05, 3.63) is 71.3 Å². The smallest absolute Gasteiger partial charge is 0.336 e. The minimum Gasteiger partial charge on any atom is -0.497 e. The molecule has 0 fully saturated rings.